The highest BCUT2D eigenvalue weighted by Crippen LogP contribution is 2.33. The van der Waals surface area contributed by atoms with Gasteiger partial charge >= 0.3 is 0 Å². The first-order valence-corrected chi connectivity index (χ1v) is 8.80. The normalized spacial score (nSPS) is 28.8. The lowest BCUT2D eigenvalue weighted by Crippen LogP contribution is -2.45. The Morgan fingerprint density at radius 3 is 2.73 bits per heavy atom. The van der Waals surface area contributed by atoms with Crippen molar-refractivity contribution in [1.82, 2.24) is 4.90 Å². The Labute approximate surface area is 133 Å². The minimum Gasteiger partial charge on any atom is -0.342 e. The summed E-state index contributed by atoms with van der Waals surface area (Å²) in [6.07, 6.45) is 6.82. The van der Waals surface area contributed by atoms with E-state index >= 15 is 0 Å². The van der Waals surface area contributed by atoms with Crippen LogP contribution in [-0.2, 0) is 11.2 Å². The van der Waals surface area contributed by atoms with Crippen molar-refractivity contribution in [2.75, 3.05) is 19.6 Å². The van der Waals surface area contributed by atoms with Crippen molar-refractivity contribution in [3.8, 4) is 0 Å². The van der Waals surface area contributed by atoms with Crippen molar-refractivity contribution >= 4 is 5.91 Å². The standard InChI is InChI=1S/C19H28N2O/c20-13-17-9-4-10-18(17)19(22)21-11-5-8-16(14-21)12-15-6-2-1-3-7-15/h1-3,6-7,16-18H,4-5,8-14,20H2/t16?,17-,18-/m1/s1. The SMILES string of the molecule is NC[C@H]1CCC[C@H]1C(=O)N1CCCC(Cc2ccccc2)C1. The first-order chi connectivity index (χ1) is 10.8. The number of piperidine rings is 1. The summed E-state index contributed by atoms with van der Waals surface area (Å²) in [6.45, 7) is 2.54. The molecule has 3 atom stereocenters. The summed E-state index contributed by atoms with van der Waals surface area (Å²) in [4.78, 5) is 15.0. The van der Waals surface area contributed by atoms with Crippen molar-refractivity contribution in [3.63, 3.8) is 0 Å². The van der Waals surface area contributed by atoms with Gasteiger partial charge in [-0.15, -0.1) is 0 Å². The Morgan fingerprint density at radius 2 is 1.95 bits per heavy atom. The van der Waals surface area contributed by atoms with E-state index in [0.29, 0.717) is 24.3 Å². The Hall–Kier alpha value is -1.35. The number of carbonyl (C=O) groups is 1. The molecule has 2 aliphatic rings. The smallest absolute Gasteiger partial charge is 0.226 e. The molecule has 1 unspecified atom stereocenters. The molecule has 1 aliphatic carbocycles. The maximum atomic E-state index is 12.8. The molecule has 1 saturated heterocycles. The molecule has 2 fully saturated rings. The van der Waals surface area contributed by atoms with Crippen LogP contribution in [0.2, 0.25) is 0 Å². The van der Waals surface area contributed by atoms with Gasteiger partial charge in [0.05, 0.1) is 0 Å². The summed E-state index contributed by atoms with van der Waals surface area (Å²) in [6, 6.07) is 10.7. The Balaban J connectivity index is 1.59. The highest BCUT2D eigenvalue weighted by atomic mass is 16.2. The van der Waals surface area contributed by atoms with E-state index in [1.165, 1.54) is 18.4 Å². The van der Waals surface area contributed by atoms with Gasteiger partial charge in [-0.1, -0.05) is 36.8 Å². The zero-order chi connectivity index (χ0) is 15.4. The highest BCUT2D eigenvalue weighted by Gasteiger charge is 2.36. The monoisotopic (exact) mass is 300 g/mol. The van der Waals surface area contributed by atoms with E-state index in [4.69, 9.17) is 5.73 Å². The molecule has 1 amide bonds. The molecule has 1 aromatic rings. The van der Waals surface area contributed by atoms with Crippen molar-refractivity contribution in [3.05, 3.63) is 35.9 Å². The summed E-state index contributed by atoms with van der Waals surface area (Å²) >= 11 is 0. The van der Waals surface area contributed by atoms with Crippen molar-refractivity contribution < 1.29 is 4.79 Å². The molecule has 0 radical (unpaired) electrons. The molecule has 1 saturated carbocycles. The van der Waals surface area contributed by atoms with Crippen LogP contribution in [-0.4, -0.2) is 30.4 Å². The second-order valence-corrected chi connectivity index (χ2v) is 7.02. The van der Waals surface area contributed by atoms with E-state index in [2.05, 4.69) is 35.2 Å². The van der Waals surface area contributed by atoms with E-state index in [0.717, 1.165) is 38.8 Å². The molecule has 0 spiro atoms. The summed E-state index contributed by atoms with van der Waals surface area (Å²) in [5.74, 6) is 1.60. The van der Waals surface area contributed by atoms with E-state index in [1.807, 2.05) is 0 Å². The summed E-state index contributed by atoms with van der Waals surface area (Å²) in [7, 11) is 0. The lowest BCUT2D eigenvalue weighted by molar-refractivity contribution is -0.138. The third kappa shape index (κ3) is 3.52. The fourth-order valence-corrected chi connectivity index (χ4v) is 4.26. The Kier molecular flexibility index (Phi) is 5.14. The van der Waals surface area contributed by atoms with E-state index in [9.17, 15) is 4.79 Å². The predicted octanol–water partition coefficient (Wildman–Crippen LogP) is 2.84. The fraction of sp³-hybridized carbons (Fsp3) is 0.632. The quantitative estimate of drug-likeness (QED) is 0.929. The molecular weight excluding hydrogens is 272 g/mol. The maximum absolute atomic E-state index is 12.8. The molecule has 1 aliphatic heterocycles. The van der Waals surface area contributed by atoms with Gasteiger partial charge in [-0.3, -0.25) is 4.79 Å². The lowest BCUT2D eigenvalue weighted by atomic mass is 9.89. The van der Waals surface area contributed by atoms with Gasteiger partial charge in [0.2, 0.25) is 5.91 Å². The van der Waals surface area contributed by atoms with Crippen LogP contribution < -0.4 is 5.73 Å². The number of nitrogens with two attached hydrogens (primary N) is 1. The molecule has 22 heavy (non-hydrogen) atoms. The zero-order valence-corrected chi connectivity index (χ0v) is 13.4. The molecule has 1 aromatic carbocycles. The molecule has 120 valence electrons. The molecule has 3 nitrogen and oxygen atoms in total. The van der Waals surface area contributed by atoms with Crippen LogP contribution in [0.15, 0.2) is 30.3 Å². The van der Waals surface area contributed by atoms with Gasteiger partial charge in [0.1, 0.15) is 0 Å². The van der Waals surface area contributed by atoms with Crippen LogP contribution >= 0.6 is 0 Å². The minimum atomic E-state index is 0.195. The van der Waals surface area contributed by atoms with Crippen LogP contribution in [0.1, 0.15) is 37.7 Å². The van der Waals surface area contributed by atoms with Crippen LogP contribution in [0.3, 0.4) is 0 Å². The predicted molar refractivity (Wildman–Crippen MR) is 89.3 cm³/mol. The fourth-order valence-electron chi connectivity index (χ4n) is 4.26. The molecule has 3 heteroatoms. The average molecular weight is 300 g/mol. The number of amides is 1. The van der Waals surface area contributed by atoms with Crippen LogP contribution in [0.25, 0.3) is 0 Å². The highest BCUT2D eigenvalue weighted by molar-refractivity contribution is 5.79. The number of benzene rings is 1. The molecule has 0 aromatic heterocycles. The van der Waals surface area contributed by atoms with Gasteiger partial charge in [-0.05, 0) is 56.0 Å². The lowest BCUT2D eigenvalue weighted by Gasteiger charge is -2.35. The van der Waals surface area contributed by atoms with Crippen LogP contribution in [0, 0.1) is 17.8 Å². The van der Waals surface area contributed by atoms with E-state index < -0.39 is 0 Å². The van der Waals surface area contributed by atoms with Crippen molar-refractivity contribution in [1.29, 1.82) is 0 Å². The minimum absolute atomic E-state index is 0.195. The number of rotatable bonds is 4. The van der Waals surface area contributed by atoms with Gasteiger partial charge in [-0.2, -0.15) is 0 Å². The number of nitrogens with zero attached hydrogens (tertiary/aromatic N) is 1. The van der Waals surface area contributed by atoms with Crippen molar-refractivity contribution in [2.45, 2.75) is 38.5 Å². The van der Waals surface area contributed by atoms with Crippen LogP contribution in [0.4, 0.5) is 0 Å². The third-order valence-electron chi connectivity index (χ3n) is 5.48. The second-order valence-electron chi connectivity index (χ2n) is 7.02. The molecule has 3 rings (SSSR count). The zero-order valence-electron chi connectivity index (χ0n) is 13.4. The summed E-state index contributed by atoms with van der Waals surface area (Å²) < 4.78 is 0. The number of hydrogen-bond donors (Lipinski definition) is 1. The van der Waals surface area contributed by atoms with Gasteiger partial charge in [-0.25, -0.2) is 0 Å². The number of likely N-dealkylation sites (tertiary alicyclic amines) is 1. The largest absolute Gasteiger partial charge is 0.342 e. The molecule has 1 heterocycles. The molecular formula is C19H28N2O. The van der Waals surface area contributed by atoms with Gasteiger partial charge < -0.3 is 10.6 Å². The van der Waals surface area contributed by atoms with E-state index in [1.54, 1.807) is 0 Å². The Morgan fingerprint density at radius 1 is 1.14 bits per heavy atom. The first kappa shape index (κ1) is 15.5. The van der Waals surface area contributed by atoms with Gasteiger partial charge in [0.25, 0.3) is 0 Å². The third-order valence-corrected chi connectivity index (χ3v) is 5.48. The maximum Gasteiger partial charge on any atom is 0.226 e. The van der Waals surface area contributed by atoms with Gasteiger partial charge in [0.15, 0.2) is 0 Å². The summed E-state index contributed by atoms with van der Waals surface area (Å²) in [5, 5.41) is 0. The van der Waals surface area contributed by atoms with Crippen molar-refractivity contribution in [2.24, 2.45) is 23.5 Å². The average Bonchev–Trinajstić information content (AvgIpc) is 3.04. The number of hydrogen-bond acceptors (Lipinski definition) is 2. The Bertz CT molecular complexity index is 487. The van der Waals surface area contributed by atoms with Crippen LogP contribution in [0.5, 0.6) is 0 Å². The number of carbonyl (C=O) groups excluding carboxylic acids is 1. The van der Waals surface area contributed by atoms with Gasteiger partial charge in [0, 0.05) is 19.0 Å². The molecule has 0 bridgehead atoms. The molecule has 2 N–H and O–H groups in total. The second kappa shape index (κ2) is 7.28. The first-order valence-electron chi connectivity index (χ1n) is 8.80. The topological polar surface area (TPSA) is 46.3 Å². The summed E-state index contributed by atoms with van der Waals surface area (Å²) in [5.41, 5.74) is 7.24. The van der Waals surface area contributed by atoms with E-state index in [-0.39, 0.29) is 5.92 Å².